The van der Waals surface area contributed by atoms with Gasteiger partial charge in [-0.2, -0.15) is 0 Å². The van der Waals surface area contributed by atoms with E-state index in [-0.39, 0.29) is 11.1 Å². The fourth-order valence-corrected chi connectivity index (χ4v) is 2.55. The zero-order valence-electron chi connectivity index (χ0n) is 11.7. The molecule has 0 atom stereocenters. The first kappa shape index (κ1) is 14.7. The lowest BCUT2D eigenvalue weighted by Crippen LogP contribution is -2.15. The van der Waals surface area contributed by atoms with Gasteiger partial charge in [0.15, 0.2) is 5.13 Å². The van der Waals surface area contributed by atoms with Gasteiger partial charge < -0.3 is 4.90 Å². The minimum atomic E-state index is -0.244. The second-order valence-corrected chi connectivity index (χ2v) is 6.14. The highest BCUT2D eigenvalue weighted by Gasteiger charge is 2.13. The lowest BCUT2D eigenvalue weighted by molar-refractivity contribution is 0.102. The highest BCUT2D eigenvalue weighted by molar-refractivity contribution is 7.15. The summed E-state index contributed by atoms with van der Waals surface area (Å²) in [5.41, 5.74) is 1.38. The maximum Gasteiger partial charge on any atom is 0.257 e. The number of carbonyl (C=O) groups excluding carboxylic acids is 1. The number of nitrogens with zero attached hydrogens (tertiary/aromatic N) is 3. The Morgan fingerprint density at radius 3 is 2.55 bits per heavy atom. The molecule has 1 amide bonds. The Bertz CT molecular complexity index is 634. The molecule has 2 aromatic heterocycles. The molecule has 0 bridgehead atoms. The van der Waals surface area contributed by atoms with Crippen molar-refractivity contribution >= 4 is 39.8 Å². The van der Waals surface area contributed by atoms with Crippen LogP contribution in [0.4, 0.5) is 10.9 Å². The van der Waals surface area contributed by atoms with Crippen molar-refractivity contribution in [1.29, 1.82) is 0 Å². The predicted octanol–water partition coefficient (Wildman–Crippen LogP) is 3.13. The molecule has 2 heterocycles. The molecule has 1 N–H and O–H groups in total. The van der Waals surface area contributed by atoms with Crippen LogP contribution < -0.4 is 10.2 Å². The third-order valence-corrected chi connectivity index (χ3v) is 3.93. The Labute approximate surface area is 126 Å². The number of carbonyl (C=O) groups is 1. The van der Waals surface area contributed by atoms with E-state index in [0.29, 0.717) is 16.5 Å². The van der Waals surface area contributed by atoms with Gasteiger partial charge in [-0.1, -0.05) is 11.6 Å². The van der Waals surface area contributed by atoms with E-state index in [4.69, 9.17) is 11.6 Å². The highest BCUT2D eigenvalue weighted by Crippen LogP contribution is 2.23. The summed E-state index contributed by atoms with van der Waals surface area (Å²) in [4.78, 5) is 23.5. The van der Waals surface area contributed by atoms with E-state index >= 15 is 0 Å². The molecule has 20 heavy (non-hydrogen) atoms. The molecular weight excluding hydrogens is 296 g/mol. The Morgan fingerprint density at radius 1 is 1.30 bits per heavy atom. The number of aromatic nitrogens is 2. The number of nitrogens with one attached hydrogen (secondary N) is 1. The van der Waals surface area contributed by atoms with E-state index in [1.165, 1.54) is 17.4 Å². The predicted molar refractivity (Wildman–Crippen MR) is 83.1 cm³/mol. The second-order valence-electron chi connectivity index (χ2n) is 4.55. The van der Waals surface area contributed by atoms with E-state index < -0.39 is 0 Å². The van der Waals surface area contributed by atoms with Gasteiger partial charge >= 0.3 is 0 Å². The number of halogens is 1. The Morgan fingerprint density at radius 2 is 2.00 bits per heavy atom. The molecule has 0 fully saturated rings. The second kappa shape index (κ2) is 5.76. The third kappa shape index (κ3) is 3.26. The third-order valence-electron chi connectivity index (χ3n) is 2.75. The van der Waals surface area contributed by atoms with Gasteiger partial charge in [0, 0.05) is 24.5 Å². The smallest absolute Gasteiger partial charge is 0.257 e. The van der Waals surface area contributed by atoms with Crippen molar-refractivity contribution < 1.29 is 4.79 Å². The molecule has 106 valence electrons. The average Bonchev–Trinajstić information content (AvgIpc) is 2.67. The van der Waals surface area contributed by atoms with Gasteiger partial charge in [0.25, 0.3) is 5.91 Å². The fourth-order valence-electron chi connectivity index (χ4n) is 1.54. The van der Waals surface area contributed by atoms with E-state index in [1.54, 1.807) is 11.0 Å². The Balaban J connectivity index is 2.24. The largest absolute Gasteiger partial charge is 0.363 e. The molecule has 0 aliphatic carbocycles. The summed E-state index contributed by atoms with van der Waals surface area (Å²) in [7, 11) is 3.68. The molecule has 0 unspecified atom stereocenters. The zero-order valence-corrected chi connectivity index (χ0v) is 13.3. The van der Waals surface area contributed by atoms with E-state index in [1.807, 2.05) is 27.9 Å². The molecule has 0 radical (unpaired) electrons. The maximum atomic E-state index is 12.2. The molecule has 0 aromatic carbocycles. The van der Waals surface area contributed by atoms with Gasteiger partial charge in [-0.25, -0.2) is 9.97 Å². The van der Waals surface area contributed by atoms with Gasteiger partial charge in [0.1, 0.15) is 11.0 Å². The lowest BCUT2D eigenvalue weighted by atomic mass is 10.2. The number of amides is 1. The van der Waals surface area contributed by atoms with Gasteiger partial charge in [-0.15, -0.1) is 11.3 Å². The monoisotopic (exact) mass is 310 g/mol. The molecule has 2 rings (SSSR count). The molecule has 2 aromatic rings. The molecule has 0 spiro atoms. The summed E-state index contributed by atoms with van der Waals surface area (Å²) in [6.07, 6.45) is 0. The minimum Gasteiger partial charge on any atom is -0.363 e. The summed E-state index contributed by atoms with van der Waals surface area (Å²) >= 11 is 7.39. The summed E-state index contributed by atoms with van der Waals surface area (Å²) in [6.45, 7) is 3.88. The van der Waals surface area contributed by atoms with Gasteiger partial charge in [-0.3, -0.25) is 10.1 Å². The summed E-state index contributed by atoms with van der Waals surface area (Å²) < 4.78 is 0. The van der Waals surface area contributed by atoms with Crippen molar-refractivity contribution in [2.75, 3.05) is 24.3 Å². The number of aryl methyl sites for hydroxylation is 2. The zero-order chi connectivity index (χ0) is 14.9. The van der Waals surface area contributed by atoms with E-state index in [9.17, 15) is 4.79 Å². The lowest BCUT2D eigenvalue weighted by Gasteiger charge is -2.12. The average molecular weight is 311 g/mol. The van der Waals surface area contributed by atoms with Crippen molar-refractivity contribution in [2.45, 2.75) is 13.8 Å². The molecule has 0 saturated carbocycles. The van der Waals surface area contributed by atoms with Crippen LogP contribution in [0.1, 0.15) is 20.9 Å². The summed E-state index contributed by atoms with van der Waals surface area (Å²) in [5, 5.41) is 3.65. The van der Waals surface area contributed by atoms with Crippen LogP contribution in [0.2, 0.25) is 5.15 Å². The maximum absolute atomic E-state index is 12.2. The van der Waals surface area contributed by atoms with Crippen molar-refractivity contribution in [3.63, 3.8) is 0 Å². The Hall–Kier alpha value is -1.66. The van der Waals surface area contributed by atoms with Crippen LogP contribution in [0, 0.1) is 13.8 Å². The van der Waals surface area contributed by atoms with E-state index in [2.05, 4.69) is 15.3 Å². The molecule has 0 aliphatic heterocycles. The van der Waals surface area contributed by atoms with Crippen molar-refractivity contribution in [2.24, 2.45) is 0 Å². The van der Waals surface area contributed by atoms with Crippen molar-refractivity contribution in [1.82, 2.24) is 9.97 Å². The van der Waals surface area contributed by atoms with Crippen molar-refractivity contribution in [3.05, 3.63) is 33.4 Å². The van der Waals surface area contributed by atoms with Crippen molar-refractivity contribution in [3.8, 4) is 0 Å². The van der Waals surface area contributed by atoms with Gasteiger partial charge in [-0.05, 0) is 26.0 Å². The number of thiazole rings is 1. The molecule has 0 aliphatic rings. The molecule has 5 nitrogen and oxygen atoms in total. The van der Waals surface area contributed by atoms with Gasteiger partial charge in [0.05, 0.1) is 5.69 Å². The number of hydrogen-bond donors (Lipinski definition) is 1. The number of pyridine rings is 1. The normalized spacial score (nSPS) is 10.4. The van der Waals surface area contributed by atoms with Crippen LogP contribution >= 0.6 is 22.9 Å². The summed E-state index contributed by atoms with van der Waals surface area (Å²) in [6, 6.07) is 3.23. The first-order chi connectivity index (χ1) is 9.36. The topological polar surface area (TPSA) is 58.1 Å². The molecular formula is C13H15ClN4OS. The van der Waals surface area contributed by atoms with Crippen LogP contribution in [0.5, 0.6) is 0 Å². The SMILES string of the molecule is Cc1nc(NC(=O)c2cc(Cl)nc(N(C)C)c2)sc1C. The number of hydrogen-bond acceptors (Lipinski definition) is 5. The van der Waals surface area contributed by atoms with E-state index in [0.717, 1.165) is 10.6 Å². The fraction of sp³-hybridized carbons (Fsp3) is 0.308. The van der Waals surface area contributed by atoms with Crippen LogP contribution in [0.25, 0.3) is 0 Å². The molecule has 7 heteroatoms. The van der Waals surface area contributed by atoms with Gasteiger partial charge in [0.2, 0.25) is 0 Å². The van der Waals surface area contributed by atoms with Crippen LogP contribution in [-0.2, 0) is 0 Å². The first-order valence-electron chi connectivity index (χ1n) is 5.97. The highest BCUT2D eigenvalue weighted by atomic mass is 35.5. The quantitative estimate of drug-likeness (QED) is 0.885. The standard InChI is InChI=1S/C13H15ClN4OS/c1-7-8(2)20-13(15-7)17-12(19)9-5-10(14)16-11(6-9)18(3)4/h5-6H,1-4H3,(H,15,17,19). The molecule has 0 saturated heterocycles. The van der Waals surface area contributed by atoms with Crippen LogP contribution in [-0.4, -0.2) is 30.0 Å². The summed E-state index contributed by atoms with van der Waals surface area (Å²) in [5.74, 6) is 0.389. The number of rotatable bonds is 3. The number of anilines is 2. The first-order valence-corrected chi connectivity index (χ1v) is 7.16. The van der Waals surface area contributed by atoms with Crippen LogP contribution in [0.3, 0.4) is 0 Å². The Kier molecular flexibility index (Phi) is 4.25. The van der Waals surface area contributed by atoms with Crippen LogP contribution in [0.15, 0.2) is 12.1 Å². The minimum absolute atomic E-state index is 0.244.